The molecule has 1 heteroatoms. The van der Waals surface area contributed by atoms with Gasteiger partial charge in [0.05, 0.1) is 0 Å². The number of hydrogen-bond donors (Lipinski definition) is 1. The molecule has 0 radical (unpaired) electrons. The zero-order valence-electron chi connectivity index (χ0n) is 6.77. The van der Waals surface area contributed by atoms with Crippen LogP contribution in [0.1, 0.15) is 19.3 Å². The van der Waals surface area contributed by atoms with E-state index in [4.69, 9.17) is 0 Å². The van der Waals surface area contributed by atoms with Crippen molar-refractivity contribution in [1.29, 1.82) is 0 Å². The predicted octanol–water partition coefficient (Wildman–Crippen LogP) is 2.12. The summed E-state index contributed by atoms with van der Waals surface area (Å²) in [6.07, 6.45) is 9.68. The van der Waals surface area contributed by atoms with Gasteiger partial charge in [-0.05, 0) is 32.9 Å². The van der Waals surface area contributed by atoms with Gasteiger partial charge in [0, 0.05) is 0 Å². The van der Waals surface area contributed by atoms with Gasteiger partial charge < -0.3 is 5.32 Å². The van der Waals surface area contributed by atoms with Gasteiger partial charge in [-0.2, -0.15) is 0 Å². The monoisotopic (exact) mass is 139 g/mol. The van der Waals surface area contributed by atoms with Gasteiger partial charge in [-0.25, -0.2) is 0 Å². The molecule has 1 nitrogen and oxygen atoms in total. The predicted molar refractivity (Wildman–Crippen MR) is 47.1 cm³/mol. The Balaban J connectivity index is 2.94. The number of allylic oxidation sites excluding steroid dienone is 3. The molecule has 0 atom stereocenters. The standard InChI is InChI=1S/C9H17N/c1-3-4-5-6-7-8-9-10-2/h3,5-6,10H,1,4,7-9H2,2H3. The van der Waals surface area contributed by atoms with Crippen LogP contribution in [0.2, 0.25) is 0 Å². The lowest BCUT2D eigenvalue weighted by molar-refractivity contribution is 0.735. The molecule has 0 rings (SSSR count). The van der Waals surface area contributed by atoms with Crippen molar-refractivity contribution >= 4 is 0 Å². The lowest BCUT2D eigenvalue weighted by Crippen LogP contribution is -2.06. The Bertz CT molecular complexity index is 94.9. The molecule has 58 valence electrons. The van der Waals surface area contributed by atoms with E-state index in [9.17, 15) is 0 Å². The Morgan fingerprint density at radius 1 is 1.40 bits per heavy atom. The third-order valence-corrected chi connectivity index (χ3v) is 1.27. The highest BCUT2D eigenvalue weighted by molar-refractivity contribution is 4.88. The smallest absolute Gasteiger partial charge is 0.00490 e. The second kappa shape index (κ2) is 8.44. The quantitative estimate of drug-likeness (QED) is 0.439. The maximum atomic E-state index is 3.63. The van der Waals surface area contributed by atoms with Crippen LogP contribution in [-0.4, -0.2) is 13.6 Å². The zero-order valence-corrected chi connectivity index (χ0v) is 6.77. The summed E-state index contributed by atoms with van der Waals surface area (Å²) in [5.41, 5.74) is 0. The number of unbranched alkanes of at least 4 members (excludes halogenated alkanes) is 1. The van der Waals surface area contributed by atoms with Crippen LogP contribution in [0.15, 0.2) is 24.8 Å². The van der Waals surface area contributed by atoms with Crippen molar-refractivity contribution in [1.82, 2.24) is 5.32 Å². The minimum atomic E-state index is 1.000. The minimum absolute atomic E-state index is 1.000. The molecule has 1 N–H and O–H groups in total. The summed E-state index contributed by atoms with van der Waals surface area (Å²) >= 11 is 0. The molecule has 0 heterocycles. The molecule has 0 aliphatic carbocycles. The van der Waals surface area contributed by atoms with E-state index in [0.717, 1.165) is 13.0 Å². The van der Waals surface area contributed by atoms with Crippen molar-refractivity contribution in [3.8, 4) is 0 Å². The van der Waals surface area contributed by atoms with E-state index in [1.54, 1.807) is 0 Å². The van der Waals surface area contributed by atoms with Gasteiger partial charge in [0.1, 0.15) is 0 Å². The van der Waals surface area contributed by atoms with Crippen molar-refractivity contribution in [2.24, 2.45) is 0 Å². The van der Waals surface area contributed by atoms with E-state index >= 15 is 0 Å². The average molecular weight is 139 g/mol. The summed E-state index contributed by atoms with van der Waals surface area (Å²) in [6, 6.07) is 0. The molecule has 0 aliphatic rings. The Kier molecular flexibility index (Phi) is 7.97. The normalized spacial score (nSPS) is 10.5. The second-order valence-corrected chi connectivity index (χ2v) is 2.24. The fourth-order valence-electron chi connectivity index (χ4n) is 0.707. The number of hydrogen-bond acceptors (Lipinski definition) is 1. The van der Waals surface area contributed by atoms with Crippen molar-refractivity contribution in [3.05, 3.63) is 24.8 Å². The van der Waals surface area contributed by atoms with Gasteiger partial charge in [-0.3, -0.25) is 0 Å². The Morgan fingerprint density at radius 3 is 2.80 bits per heavy atom. The summed E-state index contributed by atoms with van der Waals surface area (Å²) in [7, 11) is 1.98. The van der Waals surface area contributed by atoms with E-state index in [2.05, 4.69) is 24.0 Å². The first-order chi connectivity index (χ1) is 4.91. The van der Waals surface area contributed by atoms with Crippen LogP contribution < -0.4 is 5.32 Å². The Morgan fingerprint density at radius 2 is 2.20 bits per heavy atom. The molecule has 0 aromatic rings. The molecule has 10 heavy (non-hydrogen) atoms. The first kappa shape index (κ1) is 9.44. The molecule has 0 aliphatic heterocycles. The van der Waals surface area contributed by atoms with Gasteiger partial charge in [0.25, 0.3) is 0 Å². The van der Waals surface area contributed by atoms with E-state index in [1.807, 2.05) is 13.1 Å². The van der Waals surface area contributed by atoms with Crippen molar-refractivity contribution in [3.63, 3.8) is 0 Å². The Hall–Kier alpha value is -0.560. The van der Waals surface area contributed by atoms with Crippen LogP contribution in [0.5, 0.6) is 0 Å². The maximum Gasteiger partial charge on any atom is -0.00490 e. The lowest BCUT2D eigenvalue weighted by Gasteiger charge is -1.92. The summed E-state index contributed by atoms with van der Waals surface area (Å²) in [5, 5.41) is 3.10. The first-order valence-electron chi connectivity index (χ1n) is 3.82. The highest BCUT2D eigenvalue weighted by Crippen LogP contribution is 1.91. The maximum absolute atomic E-state index is 3.63. The van der Waals surface area contributed by atoms with Crippen LogP contribution in [-0.2, 0) is 0 Å². The Labute approximate surface area is 63.8 Å². The van der Waals surface area contributed by atoms with E-state index in [1.165, 1.54) is 12.8 Å². The molecule has 0 bridgehead atoms. The highest BCUT2D eigenvalue weighted by atomic mass is 14.8. The second-order valence-electron chi connectivity index (χ2n) is 2.24. The summed E-state index contributed by atoms with van der Waals surface area (Å²) in [4.78, 5) is 0. The van der Waals surface area contributed by atoms with Gasteiger partial charge in [0.2, 0.25) is 0 Å². The van der Waals surface area contributed by atoms with Crippen LogP contribution in [0.25, 0.3) is 0 Å². The topological polar surface area (TPSA) is 12.0 Å². The number of rotatable bonds is 6. The van der Waals surface area contributed by atoms with Crippen molar-refractivity contribution in [2.45, 2.75) is 19.3 Å². The third kappa shape index (κ3) is 7.44. The molecular weight excluding hydrogens is 122 g/mol. The lowest BCUT2D eigenvalue weighted by atomic mass is 10.2. The van der Waals surface area contributed by atoms with Crippen molar-refractivity contribution in [2.75, 3.05) is 13.6 Å². The fourth-order valence-corrected chi connectivity index (χ4v) is 0.707. The molecule has 0 spiro atoms. The summed E-state index contributed by atoms with van der Waals surface area (Å²) in [6.45, 7) is 4.74. The van der Waals surface area contributed by atoms with Gasteiger partial charge in [-0.1, -0.05) is 18.2 Å². The van der Waals surface area contributed by atoms with Crippen LogP contribution >= 0.6 is 0 Å². The molecular formula is C9H17N. The molecule has 0 unspecified atom stereocenters. The van der Waals surface area contributed by atoms with Crippen LogP contribution in [0, 0.1) is 0 Å². The molecule has 0 amide bonds. The third-order valence-electron chi connectivity index (χ3n) is 1.27. The highest BCUT2D eigenvalue weighted by Gasteiger charge is 1.78. The summed E-state index contributed by atoms with van der Waals surface area (Å²) in [5.74, 6) is 0. The molecule has 0 fully saturated rings. The van der Waals surface area contributed by atoms with Crippen LogP contribution in [0.4, 0.5) is 0 Å². The molecule has 0 saturated heterocycles. The van der Waals surface area contributed by atoms with E-state index < -0.39 is 0 Å². The molecule has 0 aromatic carbocycles. The van der Waals surface area contributed by atoms with Gasteiger partial charge in [0.15, 0.2) is 0 Å². The van der Waals surface area contributed by atoms with Crippen molar-refractivity contribution < 1.29 is 0 Å². The molecule has 0 saturated carbocycles. The SMILES string of the molecule is C=CCC=CCCCNC. The minimum Gasteiger partial charge on any atom is -0.320 e. The van der Waals surface area contributed by atoms with Gasteiger partial charge in [-0.15, -0.1) is 6.58 Å². The van der Waals surface area contributed by atoms with E-state index in [-0.39, 0.29) is 0 Å². The largest absolute Gasteiger partial charge is 0.320 e. The van der Waals surface area contributed by atoms with E-state index in [0.29, 0.717) is 0 Å². The number of nitrogens with one attached hydrogen (secondary N) is 1. The molecule has 0 aromatic heterocycles. The summed E-state index contributed by atoms with van der Waals surface area (Å²) < 4.78 is 0. The first-order valence-corrected chi connectivity index (χ1v) is 3.82. The van der Waals surface area contributed by atoms with Gasteiger partial charge >= 0.3 is 0 Å². The fraction of sp³-hybridized carbons (Fsp3) is 0.556. The zero-order chi connectivity index (χ0) is 7.66. The van der Waals surface area contributed by atoms with Crippen LogP contribution in [0.3, 0.4) is 0 Å². The average Bonchev–Trinajstić information content (AvgIpc) is 1.97.